The molecule has 206 valence electrons. The van der Waals surface area contributed by atoms with Gasteiger partial charge in [-0.3, -0.25) is 19.2 Å². The molecule has 1 saturated carbocycles. The summed E-state index contributed by atoms with van der Waals surface area (Å²) in [6.07, 6.45) is 5.40. The van der Waals surface area contributed by atoms with E-state index in [9.17, 15) is 29.1 Å². The number of hydrogen-bond acceptors (Lipinski definition) is 7. The molecule has 1 aromatic rings. The maximum absolute atomic E-state index is 13.9. The third kappa shape index (κ3) is 5.43. The molecule has 2 N–H and O–H groups in total. The van der Waals surface area contributed by atoms with E-state index < -0.39 is 64.5 Å². The van der Waals surface area contributed by atoms with Crippen LogP contribution in [0, 0.1) is 23.7 Å². The summed E-state index contributed by atoms with van der Waals surface area (Å²) in [5.74, 6) is -5.32. The predicted molar refractivity (Wildman–Crippen MR) is 143 cm³/mol. The van der Waals surface area contributed by atoms with Crippen molar-refractivity contribution in [1.82, 2.24) is 5.32 Å². The number of benzene rings is 1. The molecule has 2 fully saturated rings. The number of rotatable bonds is 3. The number of esters is 1. The smallest absolute Gasteiger partial charge is 0.342 e. The van der Waals surface area contributed by atoms with Crippen molar-refractivity contribution in [3.63, 3.8) is 0 Å². The number of aldehydes is 1. The Kier molecular flexibility index (Phi) is 8.45. The van der Waals surface area contributed by atoms with E-state index >= 15 is 0 Å². The van der Waals surface area contributed by atoms with E-state index in [1.165, 1.54) is 0 Å². The number of hydrogen-bond donors (Lipinski definition) is 2. The molecule has 0 radical (unpaired) electrons. The summed E-state index contributed by atoms with van der Waals surface area (Å²) in [7, 11) is 0. The molecule has 8 nitrogen and oxygen atoms in total. The zero-order valence-electron chi connectivity index (χ0n) is 22.3. The van der Waals surface area contributed by atoms with Crippen molar-refractivity contribution in [2.75, 3.05) is 0 Å². The number of nitrogens with one attached hydrogen (secondary N) is 1. The fourth-order valence-corrected chi connectivity index (χ4v) is 6.24. The van der Waals surface area contributed by atoms with Gasteiger partial charge in [0.15, 0.2) is 6.29 Å². The maximum Gasteiger partial charge on any atom is 0.342 e. The number of ether oxygens (including phenoxy) is 1. The lowest BCUT2D eigenvalue weighted by Gasteiger charge is -2.49. The van der Waals surface area contributed by atoms with Gasteiger partial charge in [0.25, 0.3) is 5.91 Å². The standard InChI is InChI=1S/C31H35NO7/c1-18-9-7-13-23-28(36)20(3)19(2)27-24(15-21-11-5-4-6-12-21)32-30(38)31(23,27)39-29(37)22(17-33)16-26(35)25(34)14-8-10-18/h4-7,11-13,16-19,23-24,27-28,36H,3,8-10,14-15H2,1-2H3,(H,32,38)/b13-7+,22-16+/t18-,19?,23?,24-,27?,28+,31+/m0/s1. The maximum atomic E-state index is 13.9. The zero-order chi connectivity index (χ0) is 28.3. The minimum absolute atomic E-state index is 0.00116. The van der Waals surface area contributed by atoms with Gasteiger partial charge >= 0.3 is 5.97 Å². The Labute approximate surface area is 228 Å². The lowest BCUT2D eigenvalue weighted by Crippen LogP contribution is -2.61. The molecule has 1 spiro atoms. The number of carbonyl (C=O) groups excluding carboxylic acids is 5. The first-order valence-corrected chi connectivity index (χ1v) is 13.5. The molecule has 0 bridgehead atoms. The summed E-state index contributed by atoms with van der Waals surface area (Å²) in [6, 6.07) is 9.09. The highest BCUT2D eigenvalue weighted by Crippen LogP contribution is 2.52. The Bertz CT molecular complexity index is 1230. The summed E-state index contributed by atoms with van der Waals surface area (Å²) >= 11 is 0. The fourth-order valence-electron chi connectivity index (χ4n) is 6.24. The van der Waals surface area contributed by atoms with Gasteiger partial charge in [0.2, 0.25) is 17.2 Å². The van der Waals surface area contributed by atoms with Gasteiger partial charge in [-0.25, -0.2) is 4.79 Å². The van der Waals surface area contributed by atoms with Crippen LogP contribution in [0.15, 0.2) is 66.3 Å². The average molecular weight is 534 g/mol. The van der Waals surface area contributed by atoms with Crippen molar-refractivity contribution < 1.29 is 33.8 Å². The van der Waals surface area contributed by atoms with E-state index in [0.29, 0.717) is 37.3 Å². The summed E-state index contributed by atoms with van der Waals surface area (Å²) in [6.45, 7) is 7.97. The molecule has 1 amide bonds. The predicted octanol–water partition coefficient (Wildman–Crippen LogP) is 2.84. The number of aliphatic hydroxyl groups is 1. The van der Waals surface area contributed by atoms with E-state index in [4.69, 9.17) is 4.74 Å². The van der Waals surface area contributed by atoms with Crippen molar-refractivity contribution in [1.29, 1.82) is 0 Å². The number of ketones is 2. The van der Waals surface area contributed by atoms with Crippen molar-refractivity contribution in [3.05, 3.63) is 71.8 Å². The van der Waals surface area contributed by atoms with E-state index in [2.05, 4.69) is 11.9 Å². The molecule has 7 atom stereocenters. The molecule has 8 heteroatoms. The number of amides is 1. The van der Waals surface area contributed by atoms with Crippen LogP contribution in [0.25, 0.3) is 0 Å². The van der Waals surface area contributed by atoms with Gasteiger partial charge in [-0.2, -0.15) is 0 Å². The van der Waals surface area contributed by atoms with Gasteiger partial charge in [-0.1, -0.05) is 62.9 Å². The van der Waals surface area contributed by atoms with Gasteiger partial charge in [0.05, 0.1) is 12.0 Å². The quantitative estimate of drug-likeness (QED) is 0.201. The first-order valence-electron chi connectivity index (χ1n) is 13.5. The molecule has 1 aromatic carbocycles. The molecular formula is C31H35NO7. The van der Waals surface area contributed by atoms with Gasteiger partial charge in [-0.15, -0.1) is 0 Å². The van der Waals surface area contributed by atoms with Crippen LogP contribution in [0.3, 0.4) is 0 Å². The highest BCUT2D eigenvalue weighted by molar-refractivity contribution is 6.43. The molecule has 3 aliphatic rings. The van der Waals surface area contributed by atoms with Gasteiger partial charge in [0, 0.05) is 24.5 Å². The van der Waals surface area contributed by atoms with Crippen LogP contribution in [0.5, 0.6) is 0 Å². The van der Waals surface area contributed by atoms with Crippen LogP contribution in [-0.2, 0) is 35.1 Å². The third-order valence-corrected chi connectivity index (χ3v) is 8.41. The van der Waals surface area contributed by atoms with Gasteiger partial charge < -0.3 is 15.2 Å². The second-order valence-corrected chi connectivity index (χ2v) is 11.0. The highest BCUT2D eigenvalue weighted by atomic mass is 16.6. The van der Waals surface area contributed by atoms with Crippen molar-refractivity contribution >= 4 is 29.7 Å². The van der Waals surface area contributed by atoms with Crippen LogP contribution >= 0.6 is 0 Å². The monoisotopic (exact) mass is 533 g/mol. The number of Topliss-reactive ketones (excluding diaryl/α,β-unsaturated/α-hetero) is 1. The largest absolute Gasteiger partial charge is 0.444 e. The zero-order valence-corrected chi connectivity index (χ0v) is 22.3. The topological polar surface area (TPSA) is 127 Å². The second-order valence-electron chi connectivity index (χ2n) is 11.0. The SMILES string of the molecule is C=C1C(C)C2[C@H](Cc3ccccc3)NC(=O)[C@]23OC(=O)/C(C=O)=C/C(=O)C(=O)CCC[C@@H](C)C/C=C/C3[C@@H]1O. The molecule has 39 heavy (non-hydrogen) atoms. The number of allylic oxidation sites excluding steroid dienone is 2. The van der Waals surface area contributed by atoms with E-state index in [-0.39, 0.29) is 18.6 Å². The van der Waals surface area contributed by atoms with Crippen molar-refractivity contribution in [2.45, 2.75) is 63.7 Å². The van der Waals surface area contributed by atoms with E-state index in [1.54, 1.807) is 6.08 Å². The molecule has 1 aliphatic carbocycles. The number of aliphatic hydroxyl groups excluding tert-OH is 1. The lowest BCUT2D eigenvalue weighted by molar-refractivity contribution is -0.183. The first kappa shape index (κ1) is 28.4. The van der Waals surface area contributed by atoms with Crippen LogP contribution in [0.1, 0.15) is 45.1 Å². The molecule has 3 unspecified atom stereocenters. The Balaban J connectivity index is 1.84. The minimum Gasteiger partial charge on any atom is -0.444 e. The number of carbonyl (C=O) groups is 5. The Morgan fingerprint density at radius 1 is 1.15 bits per heavy atom. The molecule has 2 aliphatic heterocycles. The van der Waals surface area contributed by atoms with E-state index in [1.807, 2.05) is 50.3 Å². The molecule has 0 aromatic heterocycles. The fraction of sp³-hybridized carbons (Fsp3) is 0.452. The van der Waals surface area contributed by atoms with Gasteiger partial charge in [0.1, 0.15) is 5.57 Å². The summed E-state index contributed by atoms with van der Waals surface area (Å²) in [5.41, 5.74) is -1.04. The average Bonchev–Trinajstić information content (AvgIpc) is 3.18. The van der Waals surface area contributed by atoms with Crippen LogP contribution in [-0.4, -0.2) is 52.6 Å². The molecule has 1 saturated heterocycles. The summed E-state index contributed by atoms with van der Waals surface area (Å²) in [4.78, 5) is 64.0. The van der Waals surface area contributed by atoms with Crippen molar-refractivity contribution in [2.24, 2.45) is 23.7 Å². The minimum atomic E-state index is -1.87. The summed E-state index contributed by atoms with van der Waals surface area (Å²) < 4.78 is 5.96. The van der Waals surface area contributed by atoms with Crippen LogP contribution in [0.4, 0.5) is 0 Å². The first-order chi connectivity index (χ1) is 18.6. The normalized spacial score (nSPS) is 36.3. The Morgan fingerprint density at radius 3 is 2.56 bits per heavy atom. The second kappa shape index (κ2) is 11.6. The highest BCUT2D eigenvalue weighted by Gasteiger charge is 2.68. The molecular weight excluding hydrogens is 498 g/mol. The van der Waals surface area contributed by atoms with Crippen LogP contribution < -0.4 is 5.32 Å². The van der Waals surface area contributed by atoms with Gasteiger partial charge in [-0.05, 0) is 48.7 Å². The van der Waals surface area contributed by atoms with Crippen LogP contribution in [0.2, 0.25) is 0 Å². The lowest BCUT2D eigenvalue weighted by atomic mass is 9.59. The summed E-state index contributed by atoms with van der Waals surface area (Å²) in [5, 5.41) is 14.4. The molecule has 2 heterocycles. The van der Waals surface area contributed by atoms with Crippen molar-refractivity contribution in [3.8, 4) is 0 Å². The Hall–Kier alpha value is -3.65. The third-order valence-electron chi connectivity index (χ3n) is 8.41. The van der Waals surface area contributed by atoms with E-state index in [0.717, 1.165) is 5.56 Å². The Morgan fingerprint density at radius 2 is 1.87 bits per heavy atom. The molecule has 4 rings (SSSR count).